The van der Waals surface area contributed by atoms with Crippen molar-refractivity contribution in [2.75, 3.05) is 5.32 Å². The van der Waals surface area contributed by atoms with Gasteiger partial charge in [-0.2, -0.15) is 5.10 Å². The van der Waals surface area contributed by atoms with E-state index in [1.807, 2.05) is 6.07 Å². The van der Waals surface area contributed by atoms with E-state index < -0.39 is 5.91 Å². The zero-order valence-corrected chi connectivity index (χ0v) is 17.0. The van der Waals surface area contributed by atoms with Crippen LogP contribution in [0.2, 0.25) is 10.0 Å². The number of anilines is 1. The maximum atomic E-state index is 12.7. The van der Waals surface area contributed by atoms with Gasteiger partial charge in [0.1, 0.15) is 0 Å². The van der Waals surface area contributed by atoms with E-state index in [1.165, 1.54) is 12.3 Å². The molecule has 0 aromatic heterocycles. The van der Waals surface area contributed by atoms with Crippen molar-refractivity contribution in [1.29, 1.82) is 0 Å². The maximum Gasteiger partial charge on any atom is 0.273 e. The van der Waals surface area contributed by atoms with Gasteiger partial charge in [0, 0.05) is 15.6 Å². The van der Waals surface area contributed by atoms with Gasteiger partial charge in [-0.1, -0.05) is 53.5 Å². The highest BCUT2D eigenvalue weighted by Gasteiger charge is 2.17. The van der Waals surface area contributed by atoms with E-state index in [0.717, 1.165) is 5.56 Å². The number of benzene rings is 3. The summed E-state index contributed by atoms with van der Waals surface area (Å²) in [5, 5.41) is 7.75. The Hall–Kier alpha value is -3.15. The number of hydrazone groups is 1. The van der Waals surface area contributed by atoms with Gasteiger partial charge in [-0.15, -0.1) is 0 Å². The molecule has 0 saturated heterocycles. The molecule has 0 aliphatic heterocycles. The molecule has 0 aliphatic carbocycles. The van der Waals surface area contributed by atoms with Crippen molar-refractivity contribution in [2.24, 2.45) is 5.10 Å². The molecular weight excluding hydrogens is 409 g/mol. The van der Waals surface area contributed by atoms with E-state index in [4.69, 9.17) is 23.2 Å². The van der Waals surface area contributed by atoms with Gasteiger partial charge in [0.05, 0.1) is 17.5 Å². The van der Waals surface area contributed by atoms with Gasteiger partial charge in [0.2, 0.25) is 0 Å². The highest BCUT2D eigenvalue weighted by atomic mass is 35.5. The van der Waals surface area contributed by atoms with E-state index in [9.17, 15) is 9.59 Å². The maximum absolute atomic E-state index is 12.7. The van der Waals surface area contributed by atoms with Gasteiger partial charge >= 0.3 is 0 Å². The first-order valence-corrected chi connectivity index (χ1v) is 9.45. The van der Waals surface area contributed by atoms with Crippen molar-refractivity contribution in [2.45, 2.75) is 6.92 Å². The Bertz CT molecular complexity index is 1070. The number of hydrogen-bond acceptors (Lipinski definition) is 3. The summed E-state index contributed by atoms with van der Waals surface area (Å²) in [6.45, 7) is 1.76. The molecule has 7 heteroatoms. The van der Waals surface area contributed by atoms with Crippen LogP contribution in [0.25, 0.3) is 0 Å². The average molecular weight is 426 g/mol. The Kier molecular flexibility index (Phi) is 6.65. The van der Waals surface area contributed by atoms with Gasteiger partial charge < -0.3 is 5.32 Å². The minimum Gasteiger partial charge on any atom is -0.321 e. The highest BCUT2D eigenvalue weighted by molar-refractivity contribution is 6.31. The molecule has 0 atom stereocenters. The second-order valence-electron chi connectivity index (χ2n) is 6.22. The number of rotatable bonds is 5. The standard InChI is InChI=1S/C22H17Cl2N3O2/c1-14-11-18(24)12-19(20(14)26-21(28)16-5-3-2-4-6-16)22(29)27-25-13-15-7-9-17(23)10-8-15/h2-13H,1H3,(H,26,28)(H,27,29)/b25-13+. The van der Waals surface area contributed by atoms with Gasteiger partial charge in [-0.3, -0.25) is 9.59 Å². The monoisotopic (exact) mass is 425 g/mol. The lowest BCUT2D eigenvalue weighted by Crippen LogP contribution is -2.22. The van der Waals surface area contributed by atoms with E-state index in [0.29, 0.717) is 26.9 Å². The zero-order valence-electron chi connectivity index (χ0n) is 15.4. The molecule has 3 rings (SSSR count). The molecule has 5 nitrogen and oxygen atoms in total. The normalized spacial score (nSPS) is 10.7. The van der Waals surface area contributed by atoms with Crippen LogP contribution in [0.3, 0.4) is 0 Å². The fourth-order valence-electron chi connectivity index (χ4n) is 2.64. The van der Waals surface area contributed by atoms with Gasteiger partial charge in [0.15, 0.2) is 0 Å². The lowest BCUT2D eigenvalue weighted by Gasteiger charge is -2.14. The second kappa shape index (κ2) is 9.37. The minimum atomic E-state index is -0.496. The van der Waals surface area contributed by atoms with Crippen molar-refractivity contribution in [3.05, 3.63) is 99.0 Å². The Balaban J connectivity index is 1.81. The SMILES string of the molecule is Cc1cc(Cl)cc(C(=O)N/N=C/c2ccc(Cl)cc2)c1NC(=O)c1ccccc1. The van der Waals surface area contributed by atoms with Crippen molar-refractivity contribution >= 4 is 46.9 Å². The zero-order chi connectivity index (χ0) is 20.8. The summed E-state index contributed by atoms with van der Waals surface area (Å²) in [6, 6.07) is 18.9. The van der Waals surface area contributed by atoms with Crippen LogP contribution in [-0.2, 0) is 0 Å². The molecule has 0 radical (unpaired) electrons. The second-order valence-corrected chi connectivity index (χ2v) is 7.09. The molecule has 3 aromatic carbocycles. The van der Waals surface area contributed by atoms with Crippen LogP contribution >= 0.6 is 23.2 Å². The summed E-state index contributed by atoms with van der Waals surface area (Å²) in [6.07, 6.45) is 1.49. The van der Waals surface area contributed by atoms with Crippen LogP contribution in [0.1, 0.15) is 31.8 Å². The molecule has 0 spiro atoms. The van der Waals surface area contributed by atoms with Crippen molar-refractivity contribution < 1.29 is 9.59 Å². The fourth-order valence-corrected chi connectivity index (χ4v) is 3.04. The lowest BCUT2D eigenvalue weighted by atomic mass is 10.1. The van der Waals surface area contributed by atoms with E-state index in [1.54, 1.807) is 61.5 Å². The Labute approximate surface area is 178 Å². The van der Waals surface area contributed by atoms with Crippen molar-refractivity contribution in [3.8, 4) is 0 Å². The Morgan fingerprint density at radius 3 is 2.28 bits per heavy atom. The molecule has 2 amide bonds. The lowest BCUT2D eigenvalue weighted by molar-refractivity contribution is 0.0956. The summed E-state index contributed by atoms with van der Waals surface area (Å²) in [7, 11) is 0. The predicted molar refractivity (Wildman–Crippen MR) is 117 cm³/mol. The topological polar surface area (TPSA) is 70.6 Å². The van der Waals surface area contributed by atoms with Gasteiger partial charge in [-0.05, 0) is 54.4 Å². The first-order chi connectivity index (χ1) is 13.9. The van der Waals surface area contributed by atoms with E-state index >= 15 is 0 Å². The number of aryl methyl sites for hydroxylation is 1. The van der Waals surface area contributed by atoms with Gasteiger partial charge in [0.25, 0.3) is 11.8 Å². The van der Waals surface area contributed by atoms with Crippen LogP contribution in [0, 0.1) is 6.92 Å². The van der Waals surface area contributed by atoms with Crippen molar-refractivity contribution in [1.82, 2.24) is 5.43 Å². The molecule has 2 N–H and O–H groups in total. The summed E-state index contributed by atoms with van der Waals surface area (Å²) >= 11 is 12.0. The fraction of sp³-hybridized carbons (Fsp3) is 0.0455. The van der Waals surface area contributed by atoms with Crippen LogP contribution in [0.4, 0.5) is 5.69 Å². The number of nitrogens with zero attached hydrogens (tertiary/aromatic N) is 1. The van der Waals surface area contributed by atoms with Crippen LogP contribution in [0.5, 0.6) is 0 Å². The van der Waals surface area contributed by atoms with Crippen LogP contribution in [0.15, 0.2) is 71.8 Å². The van der Waals surface area contributed by atoms with Gasteiger partial charge in [-0.25, -0.2) is 5.43 Å². The number of amides is 2. The highest BCUT2D eigenvalue weighted by Crippen LogP contribution is 2.26. The smallest absolute Gasteiger partial charge is 0.273 e. The number of nitrogens with one attached hydrogen (secondary N) is 2. The first kappa shape index (κ1) is 20.6. The number of carbonyl (C=O) groups excluding carboxylic acids is 2. The largest absolute Gasteiger partial charge is 0.321 e. The minimum absolute atomic E-state index is 0.215. The number of carbonyl (C=O) groups is 2. The third-order valence-electron chi connectivity index (χ3n) is 4.07. The molecule has 3 aromatic rings. The average Bonchev–Trinajstić information content (AvgIpc) is 2.71. The Morgan fingerprint density at radius 2 is 1.59 bits per heavy atom. The predicted octanol–water partition coefficient (Wildman–Crippen LogP) is 5.32. The summed E-state index contributed by atoms with van der Waals surface area (Å²) in [4.78, 5) is 25.2. The number of hydrogen-bond donors (Lipinski definition) is 2. The third kappa shape index (κ3) is 5.44. The molecule has 0 saturated carbocycles. The summed E-state index contributed by atoms with van der Waals surface area (Å²) in [5.41, 5.74) is 4.96. The summed E-state index contributed by atoms with van der Waals surface area (Å²) < 4.78 is 0. The molecular formula is C22H17Cl2N3O2. The molecule has 29 heavy (non-hydrogen) atoms. The van der Waals surface area contributed by atoms with E-state index in [2.05, 4.69) is 15.8 Å². The Morgan fingerprint density at radius 1 is 0.897 bits per heavy atom. The molecule has 146 valence electrons. The van der Waals surface area contributed by atoms with E-state index in [-0.39, 0.29) is 11.5 Å². The molecule has 0 heterocycles. The first-order valence-electron chi connectivity index (χ1n) is 8.69. The van der Waals surface area contributed by atoms with Crippen molar-refractivity contribution in [3.63, 3.8) is 0 Å². The third-order valence-corrected chi connectivity index (χ3v) is 4.54. The molecule has 0 bridgehead atoms. The summed E-state index contributed by atoms with van der Waals surface area (Å²) in [5.74, 6) is -0.820. The molecule has 0 fully saturated rings. The van der Waals surface area contributed by atoms with Crippen LogP contribution in [-0.4, -0.2) is 18.0 Å². The molecule has 0 unspecified atom stereocenters. The number of halogens is 2. The van der Waals surface area contributed by atoms with Crippen LogP contribution < -0.4 is 10.7 Å². The quantitative estimate of drug-likeness (QED) is 0.428. The molecule has 0 aliphatic rings.